The summed E-state index contributed by atoms with van der Waals surface area (Å²) in [5, 5.41) is 19.3. The van der Waals surface area contributed by atoms with Gasteiger partial charge in [-0.2, -0.15) is 10.5 Å². The molecular formula is C22H26N4. The van der Waals surface area contributed by atoms with E-state index in [1.54, 1.807) is 12.1 Å². The van der Waals surface area contributed by atoms with Gasteiger partial charge in [-0.05, 0) is 69.0 Å². The molecule has 0 aliphatic rings. The van der Waals surface area contributed by atoms with E-state index in [2.05, 4.69) is 50.8 Å². The zero-order valence-electron chi connectivity index (χ0n) is 16.7. The van der Waals surface area contributed by atoms with E-state index in [1.165, 1.54) is 22.3 Å². The van der Waals surface area contributed by atoms with E-state index in [0.29, 0.717) is 11.1 Å². The fourth-order valence-corrected chi connectivity index (χ4v) is 3.46. The standard InChI is InChI=1S/C22H26N4/c1-8-25(6)21-18(12-23)9-10-19(13-24)22(21)26(7)20-16(4)14(2)11-15(3)17(20)5/h9-11H,8H2,1-7H3. The van der Waals surface area contributed by atoms with Gasteiger partial charge in [-0.15, -0.1) is 0 Å². The van der Waals surface area contributed by atoms with Gasteiger partial charge in [0.1, 0.15) is 12.1 Å². The van der Waals surface area contributed by atoms with Crippen molar-refractivity contribution in [1.82, 2.24) is 0 Å². The predicted molar refractivity (Wildman–Crippen MR) is 108 cm³/mol. The van der Waals surface area contributed by atoms with Crippen molar-refractivity contribution in [2.24, 2.45) is 0 Å². The smallest absolute Gasteiger partial charge is 0.101 e. The van der Waals surface area contributed by atoms with Crippen LogP contribution in [0.4, 0.5) is 17.1 Å². The molecule has 0 bridgehead atoms. The third-order valence-corrected chi connectivity index (χ3v) is 5.25. The van der Waals surface area contributed by atoms with Crippen LogP contribution in [0.3, 0.4) is 0 Å². The van der Waals surface area contributed by atoms with Gasteiger partial charge >= 0.3 is 0 Å². The van der Waals surface area contributed by atoms with Crippen LogP contribution in [0.15, 0.2) is 18.2 Å². The predicted octanol–water partition coefficient (Wildman–Crippen LogP) is 4.89. The van der Waals surface area contributed by atoms with Crippen LogP contribution < -0.4 is 9.80 Å². The van der Waals surface area contributed by atoms with Gasteiger partial charge in [-0.25, -0.2) is 0 Å². The second kappa shape index (κ2) is 7.50. The van der Waals surface area contributed by atoms with Gasteiger partial charge < -0.3 is 9.80 Å². The van der Waals surface area contributed by atoms with Gasteiger partial charge in [0, 0.05) is 26.3 Å². The Hall–Kier alpha value is -2.98. The number of benzene rings is 2. The molecule has 0 saturated heterocycles. The van der Waals surface area contributed by atoms with Crippen LogP contribution in [0.1, 0.15) is 40.3 Å². The minimum Gasteiger partial charge on any atom is -0.372 e. The maximum atomic E-state index is 9.73. The summed E-state index contributed by atoms with van der Waals surface area (Å²) in [5.41, 5.74) is 8.64. The average Bonchev–Trinajstić information content (AvgIpc) is 2.64. The third-order valence-electron chi connectivity index (χ3n) is 5.25. The monoisotopic (exact) mass is 346 g/mol. The second-order valence-electron chi connectivity index (χ2n) is 6.76. The largest absolute Gasteiger partial charge is 0.372 e. The maximum Gasteiger partial charge on any atom is 0.101 e. The highest BCUT2D eigenvalue weighted by Crippen LogP contribution is 2.41. The minimum absolute atomic E-state index is 0.569. The van der Waals surface area contributed by atoms with Crippen LogP contribution in [0.5, 0.6) is 0 Å². The summed E-state index contributed by atoms with van der Waals surface area (Å²) < 4.78 is 0. The third kappa shape index (κ3) is 3.11. The van der Waals surface area contributed by atoms with E-state index in [1.807, 2.05) is 25.9 Å². The maximum absolute atomic E-state index is 9.73. The number of nitriles is 2. The molecule has 0 saturated carbocycles. The minimum atomic E-state index is 0.569. The summed E-state index contributed by atoms with van der Waals surface area (Å²) in [6.07, 6.45) is 0. The van der Waals surface area contributed by atoms with Crippen molar-refractivity contribution in [3.63, 3.8) is 0 Å². The van der Waals surface area contributed by atoms with Crippen LogP contribution >= 0.6 is 0 Å². The Balaban J connectivity index is 2.89. The molecule has 134 valence electrons. The first-order chi connectivity index (χ1) is 12.3. The van der Waals surface area contributed by atoms with Gasteiger partial charge in [0.25, 0.3) is 0 Å². The molecular weight excluding hydrogens is 320 g/mol. The molecule has 0 radical (unpaired) electrons. The van der Waals surface area contributed by atoms with E-state index in [-0.39, 0.29) is 0 Å². The number of hydrogen-bond acceptors (Lipinski definition) is 4. The zero-order valence-corrected chi connectivity index (χ0v) is 16.7. The number of hydrogen-bond donors (Lipinski definition) is 0. The molecule has 0 spiro atoms. The molecule has 0 aliphatic heterocycles. The van der Waals surface area contributed by atoms with Gasteiger partial charge in [-0.3, -0.25) is 0 Å². The molecule has 4 nitrogen and oxygen atoms in total. The Morgan fingerprint density at radius 3 is 1.69 bits per heavy atom. The highest BCUT2D eigenvalue weighted by molar-refractivity contribution is 5.87. The highest BCUT2D eigenvalue weighted by Gasteiger charge is 2.23. The topological polar surface area (TPSA) is 54.1 Å². The molecule has 0 unspecified atom stereocenters. The Morgan fingerprint density at radius 2 is 1.27 bits per heavy atom. The highest BCUT2D eigenvalue weighted by atomic mass is 15.2. The summed E-state index contributed by atoms with van der Waals surface area (Å²) in [5.74, 6) is 0. The molecule has 4 heteroatoms. The SMILES string of the molecule is CCN(C)c1c(C#N)ccc(C#N)c1N(C)c1c(C)c(C)cc(C)c1C. The molecule has 2 aromatic rings. The van der Waals surface area contributed by atoms with Crippen LogP contribution in [0.25, 0.3) is 0 Å². The van der Waals surface area contributed by atoms with E-state index in [9.17, 15) is 10.5 Å². The fourth-order valence-electron chi connectivity index (χ4n) is 3.46. The number of anilines is 3. The first-order valence-electron chi connectivity index (χ1n) is 8.77. The quantitative estimate of drug-likeness (QED) is 0.791. The van der Waals surface area contributed by atoms with Crippen molar-refractivity contribution in [1.29, 1.82) is 10.5 Å². The molecule has 2 aromatic carbocycles. The Kier molecular flexibility index (Phi) is 5.58. The van der Waals surface area contributed by atoms with Crippen LogP contribution in [-0.4, -0.2) is 20.6 Å². The van der Waals surface area contributed by atoms with Crippen molar-refractivity contribution in [2.75, 3.05) is 30.4 Å². The summed E-state index contributed by atoms with van der Waals surface area (Å²) >= 11 is 0. The van der Waals surface area contributed by atoms with Crippen molar-refractivity contribution in [3.8, 4) is 12.1 Å². The van der Waals surface area contributed by atoms with Crippen molar-refractivity contribution >= 4 is 17.1 Å². The number of rotatable bonds is 4. The fraction of sp³-hybridized carbons (Fsp3) is 0.364. The first-order valence-corrected chi connectivity index (χ1v) is 8.77. The molecule has 0 heterocycles. The van der Waals surface area contributed by atoms with Gasteiger partial charge in [0.15, 0.2) is 0 Å². The number of aryl methyl sites for hydroxylation is 2. The molecule has 2 rings (SSSR count). The molecule has 0 atom stereocenters. The second-order valence-corrected chi connectivity index (χ2v) is 6.76. The van der Waals surface area contributed by atoms with Gasteiger partial charge in [0.05, 0.1) is 22.5 Å². The Morgan fingerprint density at radius 1 is 0.808 bits per heavy atom. The average molecular weight is 346 g/mol. The summed E-state index contributed by atoms with van der Waals surface area (Å²) in [4.78, 5) is 4.10. The summed E-state index contributed by atoms with van der Waals surface area (Å²) in [7, 11) is 3.94. The summed E-state index contributed by atoms with van der Waals surface area (Å²) in [6.45, 7) is 11.2. The lowest BCUT2D eigenvalue weighted by Gasteiger charge is -2.31. The molecule has 0 N–H and O–H groups in total. The molecule has 0 fully saturated rings. The van der Waals surface area contributed by atoms with Gasteiger partial charge in [-0.1, -0.05) is 6.07 Å². The van der Waals surface area contributed by atoms with Crippen molar-refractivity contribution < 1.29 is 0 Å². The lowest BCUT2D eigenvalue weighted by Crippen LogP contribution is -2.23. The first kappa shape index (κ1) is 19.3. The van der Waals surface area contributed by atoms with Gasteiger partial charge in [0.2, 0.25) is 0 Å². The molecule has 26 heavy (non-hydrogen) atoms. The van der Waals surface area contributed by atoms with E-state index in [0.717, 1.165) is 23.6 Å². The lowest BCUT2D eigenvalue weighted by molar-refractivity contribution is 0.958. The van der Waals surface area contributed by atoms with Crippen LogP contribution in [0, 0.1) is 50.4 Å². The molecule has 0 aromatic heterocycles. The van der Waals surface area contributed by atoms with E-state index < -0.39 is 0 Å². The Bertz CT molecular complexity index is 903. The van der Waals surface area contributed by atoms with E-state index in [4.69, 9.17) is 0 Å². The van der Waals surface area contributed by atoms with Crippen LogP contribution in [-0.2, 0) is 0 Å². The number of nitrogens with zero attached hydrogens (tertiary/aromatic N) is 4. The van der Waals surface area contributed by atoms with Crippen molar-refractivity contribution in [2.45, 2.75) is 34.6 Å². The molecule has 0 aliphatic carbocycles. The normalized spacial score (nSPS) is 10.2. The van der Waals surface area contributed by atoms with E-state index >= 15 is 0 Å². The Labute approximate surface area is 156 Å². The van der Waals surface area contributed by atoms with Crippen LogP contribution in [0.2, 0.25) is 0 Å². The zero-order chi connectivity index (χ0) is 19.6. The lowest BCUT2D eigenvalue weighted by atomic mass is 9.96. The molecule has 0 amide bonds. The summed E-state index contributed by atoms with van der Waals surface area (Å²) in [6, 6.07) is 10.3. The van der Waals surface area contributed by atoms with Crippen molar-refractivity contribution in [3.05, 3.63) is 51.6 Å².